The molecule has 0 aliphatic carbocycles. The number of rotatable bonds is 5. The van der Waals surface area contributed by atoms with Crippen molar-refractivity contribution in [3.05, 3.63) is 17.0 Å². The highest BCUT2D eigenvalue weighted by Gasteiger charge is 2.10. The summed E-state index contributed by atoms with van der Waals surface area (Å²) in [6.45, 7) is 9.41. The summed E-state index contributed by atoms with van der Waals surface area (Å²) in [5.74, 6) is 0.295. The van der Waals surface area contributed by atoms with Gasteiger partial charge in [0.05, 0.1) is 11.8 Å². The Morgan fingerprint density at radius 3 is 2.53 bits per heavy atom. The molecule has 0 saturated carbocycles. The van der Waals surface area contributed by atoms with E-state index in [1.54, 1.807) is 0 Å². The van der Waals surface area contributed by atoms with Crippen LogP contribution in [0.1, 0.15) is 30.8 Å². The molecule has 0 spiro atoms. The molecule has 1 unspecified atom stereocenters. The normalized spacial score (nSPS) is 13.5. The van der Waals surface area contributed by atoms with Gasteiger partial charge in [-0.15, -0.1) is 0 Å². The van der Waals surface area contributed by atoms with Crippen LogP contribution in [-0.4, -0.2) is 28.0 Å². The number of hydrogen-bond acceptors (Lipinski definition) is 3. The molecule has 4 nitrogen and oxygen atoms in total. The molecule has 15 heavy (non-hydrogen) atoms. The molecule has 3 N–H and O–H groups in total. The topological polar surface area (TPSA) is 60.9 Å². The van der Waals surface area contributed by atoms with Crippen LogP contribution < -0.4 is 5.32 Å². The molecule has 0 aliphatic rings. The second kappa shape index (κ2) is 5.28. The van der Waals surface area contributed by atoms with Gasteiger partial charge in [-0.25, -0.2) is 0 Å². The van der Waals surface area contributed by atoms with Crippen molar-refractivity contribution in [1.82, 2.24) is 15.5 Å². The first-order valence-corrected chi connectivity index (χ1v) is 5.41. The van der Waals surface area contributed by atoms with E-state index in [1.165, 1.54) is 5.56 Å². The lowest BCUT2D eigenvalue weighted by molar-refractivity contribution is 0.123. The summed E-state index contributed by atoms with van der Waals surface area (Å²) < 4.78 is 0. The Balaban J connectivity index is 2.38. The van der Waals surface area contributed by atoms with Crippen molar-refractivity contribution in [3.63, 3.8) is 0 Å². The van der Waals surface area contributed by atoms with Crippen molar-refractivity contribution in [2.24, 2.45) is 5.92 Å². The van der Waals surface area contributed by atoms with Gasteiger partial charge in [-0.05, 0) is 19.8 Å². The minimum Gasteiger partial charge on any atom is -0.392 e. The van der Waals surface area contributed by atoms with Crippen molar-refractivity contribution in [3.8, 4) is 0 Å². The number of aromatic nitrogens is 2. The highest BCUT2D eigenvalue weighted by molar-refractivity contribution is 5.22. The number of nitrogens with one attached hydrogen (secondary N) is 2. The Morgan fingerprint density at radius 2 is 2.07 bits per heavy atom. The molecule has 0 bridgehead atoms. The summed E-state index contributed by atoms with van der Waals surface area (Å²) in [6, 6.07) is 0. The lowest BCUT2D eigenvalue weighted by Gasteiger charge is -2.15. The Labute approximate surface area is 91.1 Å². The van der Waals surface area contributed by atoms with Gasteiger partial charge in [-0.2, -0.15) is 5.10 Å². The van der Waals surface area contributed by atoms with E-state index >= 15 is 0 Å². The van der Waals surface area contributed by atoms with Gasteiger partial charge in [-0.1, -0.05) is 13.8 Å². The van der Waals surface area contributed by atoms with Gasteiger partial charge in [0.2, 0.25) is 0 Å². The van der Waals surface area contributed by atoms with E-state index in [1.807, 2.05) is 27.7 Å². The van der Waals surface area contributed by atoms with Crippen LogP contribution in [-0.2, 0) is 6.54 Å². The highest BCUT2D eigenvalue weighted by Crippen LogP contribution is 2.08. The van der Waals surface area contributed by atoms with E-state index in [-0.39, 0.29) is 6.10 Å². The van der Waals surface area contributed by atoms with Gasteiger partial charge in [-0.3, -0.25) is 5.10 Å². The van der Waals surface area contributed by atoms with Crippen LogP contribution in [0.15, 0.2) is 0 Å². The third-order valence-electron chi connectivity index (χ3n) is 2.71. The average Bonchev–Trinajstić information content (AvgIpc) is 2.48. The van der Waals surface area contributed by atoms with Crippen LogP contribution in [0.5, 0.6) is 0 Å². The minimum atomic E-state index is -0.280. The largest absolute Gasteiger partial charge is 0.392 e. The molecule has 1 aromatic heterocycles. The molecule has 0 fully saturated rings. The maximum absolute atomic E-state index is 9.61. The lowest BCUT2D eigenvalue weighted by atomic mass is 10.1. The van der Waals surface area contributed by atoms with Crippen LogP contribution in [0.3, 0.4) is 0 Å². The summed E-state index contributed by atoms with van der Waals surface area (Å²) >= 11 is 0. The van der Waals surface area contributed by atoms with Crippen molar-refractivity contribution in [2.75, 3.05) is 6.54 Å². The molecule has 1 heterocycles. The summed E-state index contributed by atoms with van der Waals surface area (Å²) in [5.41, 5.74) is 3.32. The van der Waals surface area contributed by atoms with Crippen molar-refractivity contribution < 1.29 is 5.11 Å². The zero-order chi connectivity index (χ0) is 11.4. The Hall–Kier alpha value is -0.870. The van der Waals surface area contributed by atoms with E-state index in [9.17, 15) is 5.11 Å². The molecular formula is C11H21N3O. The third kappa shape index (κ3) is 3.32. The van der Waals surface area contributed by atoms with Crippen molar-refractivity contribution >= 4 is 0 Å². The summed E-state index contributed by atoms with van der Waals surface area (Å²) in [5, 5.41) is 19.9. The first kappa shape index (κ1) is 12.2. The number of hydrogen-bond donors (Lipinski definition) is 3. The summed E-state index contributed by atoms with van der Waals surface area (Å²) in [6.07, 6.45) is -0.280. The zero-order valence-electron chi connectivity index (χ0n) is 9.96. The van der Waals surface area contributed by atoms with Crippen molar-refractivity contribution in [2.45, 2.75) is 40.3 Å². The molecule has 86 valence electrons. The molecular weight excluding hydrogens is 190 g/mol. The zero-order valence-corrected chi connectivity index (χ0v) is 9.96. The number of aryl methyl sites for hydroxylation is 2. The maximum Gasteiger partial charge on any atom is 0.0687 e. The first-order chi connectivity index (χ1) is 7.02. The molecule has 1 aromatic rings. The predicted octanol–water partition coefficient (Wildman–Crippen LogP) is 1.13. The SMILES string of the molecule is Cc1n[nH]c(C)c1CNCC(O)C(C)C. The second-order valence-electron chi connectivity index (χ2n) is 4.35. The van der Waals surface area contributed by atoms with Crippen LogP contribution >= 0.6 is 0 Å². The van der Waals surface area contributed by atoms with Gasteiger partial charge in [0.25, 0.3) is 0 Å². The summed E-state index contributed by atoms with van der Waals surface area (Å²) in [4.78, 5) is 0. The van der Waals surface area contributed by atoms with Crippen LogP contribution in [0, 0.1) is 19.8 Å². The molecule has 1 atom stereocenters. The molecule has 4 heteroatoms. The molecule has 0 radical (unpaired) electrons. The standard InChI is InChI=1S/C11H21N3O/c1-7(2)11(15)6-12-5-10-8(3)13-14-9(10)4/h7,11-12,15H,5-6H2,1-4H3,(H,13,14). The Kier molecular flexibility index (Phi) is 4.29. The van der Waals surface area contributed by atoms with Gasteiger partial charge in [0.1, 0.15) is 0 Å². The first-order valence-electron chi connectivity index (χ1n) is 5.41. The molecule has 0 aromatic carbocycles. The molecule has 1 rings (SSSR count). The molecule has 0 amide bonds. The maximum atomic E-state index is 9.61. The fourth-order valence-corrected chi connectivity index (χ4v) is 1.42. The average molecular weight is 211 g/mol. The number of aliphatic hydroxyl groups excluding tert-OH is 1. The van der Waals surface area contributed by atoms with Crippen LogP contribution in [0.4, 0.5) is 0 Å². The fraction of sp³-hybridized carbons (Fsp3) is 0.727. The van der Waals surface area contributed by atoms with Crippen molar-refractivity contribution in [1.29, 1.82) is 0 Å². The van der Waals surface area contributed by atoms with Crippen LogP contribution in [0.25, 0.3) is 0 Å². The lowest BCUT2D eigenvalue weighted by Crippen LogP contribution is -2.30. The third-order valence-corrected chi connectivity index (χ3v) is 2.71. The molecule has 0 aliphatic heterocycles. The van der Waals surface area contributed by atoms with Gasteiger partial charge < -0.3 is 10.4 Å². The number of aliphatic hydroxyl groups is 1. The van der Waals surface area contributed by atoms with E-state index in [0.717, 1.165) is 17.9 Å². The van der Waals surface area contributed by atoms with E-state index in [4.69, 9.17) is 0 Å². The summed E-state index contributed by atoms with van der Waals surface area (Å²) in [7, 11) is 0. The minimum absolute atomic E-state index is 0.280. The number of nitrogens with zero attached hydrogens (tertiary/aromatic N) is 1. The predicted molar refractivity (Wildman–Crippen MR) is 60.6 cm³/mol. The Morgan fingerprint density at radius 1 is 1.40 bits per heavy atom. The molecule has 0 saturated heterocycles. The fourth-order valence-electron chi connectivity index (χ4n) is 1.42. The van der Waals surface area contributed by atoms with Gasteiger partial charge in [0, 0.05) is 24.3 Å². The van der Waals surface area contributed by atoms with E-state index < -0.39 is 0 Å². The van der Waals surface area contributed by atoms with E-state index in [0.29, 0.717) is 12.5 Å². The highest BCUT2D eigenvalue weighted by atomic mass is 16.3. The van der Waals surface area contributed by atoms with E-state index in [2.05, 4.69) is 15.5 Å². The Bertz CT molecular complexity index is 287. The number of aromatic amines is 1. The van der Waals surface area contributed by atoms with Crippen LogP contribution in [0.2, 0.25) is 0 Å². The van der Waals surface area contributed by atoms with Gasteiger partial charge >= 0.3 is 0 Å². The second-order valence-corrected chi connectivity index (χ2v) is 4.35. The monoisotopic (exact) mass is 211 g/mol. The number of H-pyrrole nitrogens is 1. The smallest absolute Gasteiger partial charge is 0.0687 e. The quantitative estimate of drug-likeness (QED) is 0.684. The van der Waals surface area contributed by atoms with Gasteiger partial charge in [0.15, 0.2) is 0 Å².